The van der Waals surface area contributed by atoms with Crippen molar-refractivity contribution in [3.8, 4) is 0 Å². The Bertz CT molecular complexity index is 780. The van der Waals surface area contributed by atoms with Crippen LogP contribution in [-0.2, 0) is 6.42 Å². The summed E-state index contributed by atoms with van der Waals surface area (Å²) in [5.41, 5.74) is 2.73. The molecule has 0 unspecified atom stereocenters. The van der Waals surface area contributed by atoms with Gasteiger partial charge in [0, 0.05) is 37.1 Å². The Kier molecular flexibility index (Phi) is 6.42. The Balaban J connectivity index is 1.20. The average Bonchev–Trinajstić information content (AvgIpc) is 2.79. The number of quaternary nitrogens is 2. The van der Waals surface area contributed by atoms with Crippen LogP contribution in [0.2, 0.25) is 0 Å². The lowest BCUT2D eigenvalue weighted by molar-refractivity contribution is -0.958. The van der Waals surface area contributed by atoms with Crippen LogP contribution in [0.5, 0.6) is 0 Å². The molecule has 0 amide bonds. The SMILES string of the molecule is O=[N+]([O-])c1ccc(N2CC[NH+](C3CC[NH+](CCc4ccccc4)CC3)CC2)cc1. The second-order valence-corrected chi connectivity index (χ2v) is 8.43. The van der Waals surface area contributed by atoms with E-state index >= 15 is 0 Å². The van der Waals surface area contributed by atoms with Gasteiger partial charge in [0.2, 0.25) is 0 Å². The Morgan fingerprint density at radius 2 is 1.59 bits per heavy atom. The first-order valence-electron chi connectivity index (χ1n) is 10.9. The minimum absolute atomic E-state index is 0.166. The molecule has 2 saturated heterocycles. The molecule has 154 valence electrons. The maximum Gasteiger partial charge on any atom is 0.269 e. The zero-order valence-corrected chi connectivity index (χ0v) is 17.1. The van der Waals surface area contributed by atoms with Gasteiger partial charge in [-0.2, -0.15) is 0 Å². The number of non-ortho nitro benzene ring substituents is 1. The van der Waals surface area contributed by atoms with E-state index in [9.17, 15) is 10.1 Å². The molecule has 2 aliphatic heterocycles. The number of anilines is 1. The fraction of sp³-hybridized carbons (Fsp3) is 0.478. The molecule has 4 rings (SSSR count). The van der Waals surface area contributed by atoms with Crippen molar-refractivity contribution in [1.82, 2.24) is 0 Å². The Hall–Kier alpha value is -2.44. The van der Waals surface area contributed by atoms with E-state index in [2.05, 4.69) is 35.2 Å². The van der Waals surface area contributed by atoms with Gasteiger partial charge >= 0.3 is 0 Å². The second kappa shape index (κ2) is 9.37. The first-order valence-corrected chi connectivity index (χ1v) is 10.9. The Labute approximate surface area is 172 Å². The van der Waals surface area contributed by atoms with Crippen LogP contribution in [0, 0.1) is 10.1 Å². The lowest BCUT2D eigenvalue weighted by atomic mass is 10.0. The molecule has 0 saturated carbocycles. The number of nitrogens with one attached hydrogen (secondary N) is 2. The van der Waals surface area contributed by atoms with Crippen LogP contribution in [0.15, 0.2) is 54.6 Å². The maximum absolute atomic E-state index is 10.8. The van der Waals surface area contributed by atoms with Crippen molar-refractivity contribution >= 4 is 11.4 Å². The van der Waals surface area contributed by atoms with Crippen LogP contribution in [0.4, 0.5) is 11.4 Å². The van der Waals surface area contributed by atoms with Crippen LogP contribution >= 0.6 is 0 Å². The Morgan fingerprint density at radius 1 is 0.931 bits per heavy atom. The molecule has 2 aromatic carbocycles. The van der Waals surface area contributed by atoms with E-state index in [-0.39, 0.29) is 10.6 Å². The van der Waals surface area contributed by atoms with Crippen LogP contribution in [0.3, 0.4) is 0 Å². The van der Waals surface area contributed by atoms with Crippen LogP contribution in [-0.4, -0.2) is 56.8 Å². The van der Waals surface area contributed by atoms with Crippen molar-refractivity contribution in [2.75, 3.05) is 50.7 Å². The van der Waals surface area contributed by atoms with Gasteiger partial charge in [0.1, 0.15) is 0 Å². The topological polar surface area (TPSA) is 55.3 Å². The average molecular weight is 397 g/mol. The van der Waals surface area contributed by atoms with Crippen molar-refractivity contribution in [3.63, 3.8) is 0 Å². The predicted molar refractivity (Wildman–Crippen MR) is 115 cm³/mol. The quantitative estimate of drug-likeness (QED) is 0.555. The number of piperidine rings is 1. The van der Waals surface area contributed by atoms with Gasteiger partial charge in [0.25, 0.3) is 5.69 Å². The van der Waals surface area contributed by atoms with Gasteiger partial charge in [0.15, 0.2) is 0 Å². The molecule has 2 N–H and O–H groups in total. The largest absolute Gasteiger partial charge is 0.360 e. The number of hydrogen-bond donors (Lipinski definition) is 2. The molecule has 2 heterocycles. The van der Waals surface area contributed by atoms with E-state index in [4.69, 9.17) is 0 Å². The zero-order chi connectivity index (χ0) is 20.1. The third-order valence-corrected chi connectivity index (χ3v) is 6.71. The summed E-state index contributed by atoms with van der Waals surface area (Å²) in [5.74, 6) is 0. The summed E-state index contributed by atoms with van der Waals surface area (Å²) in [6, 6.07) is 18.6. The van der Waals surface area contributed by atoms with Gasteiger partial charge in [0.05, 0.1) is 56.8 Å². The number of piperazine rings is 1. The van der Waals surface area contributed by atoms with E-state index in [0.717, 1.165) is 24.8 Å². The van der Waals surface area contributed by atoms with Crippen molar-refractivity contribution in [3.05, 3.63) is 70.3 Å². The van der Waals surface area contributed by atoms with E-state index in [0.29, 0.717) is 0 Å². The van der Waals surface area contributed by atoms with Crippen LogP contribution < -0.4 is 14.7 Å². The molecule has 6 heteroatoms. The van der Waals surface area contributed by atoms with E-state index in [1.165, 1.54) is 57.5 Å². The van der Waals surface area contributed by atoms with E-state index < -0.39 is 0 Å². The number of rotatable bonds is 6. The summed E-state index contributed by atoms with van der Waals surface area (Å²) >= 11 is 0. The normalized spacial score (nSPS) is 23.1. The van der Waals surface area contributed by atoms with Crippen molar-refractivity contribution in [2.45, 2.75) is 25.3 Å². The molecule has 2 aliphatic rings. The summed E-state index contributed by atoms with van der Waals surface area (Å²) in [4.78, 5) is 16.4. The molecule has 29 heavy (non-hydrogen) atoms. The highest BCUT2D eigenvalue weighted by Gasteiger charge is 2.32. The zero-order valence-electron chi connectivity index (χ0n) is 17.1. The molecule has 2 fully saturated rings. The summed E-state index contributed by atoms with van der Waals surface area (Å²) in [7, 11) is 0. The molecule has 0 aromatic heterocycles. The van der Waals surface area contributed by atoms with Crippen molar-refractivity contribution < 1.29 is 14.7 Å². The first-order chi connectivity index (χ1) is 14.2. The molecule has 0 bridgehead atoms. The van der Waals surface area contributed by atoms with Gasteiger partial charge in [-0.1, -0.05) is 30.3 Å². The van der Waals surface area contributed by atoms with Crippen molar-refractivity contribution in [2.24, 2.45) is 0 Å². The third kappa shape index (κ3) is 5.14. The summed E-state index contributed by atoms with van der Waals surface area (Å²) in [5, 5.41) is 10.8. The third-order valence-electron chi connectivity index (χ3n) is 6.71. The van der Waals surface area contributed by atoms with Gasteiger partial charge in [-0.3, -0.25) is 10.1 Å². The minimum atomic E-state index is -0.333. The second-order valence-electron chi connectivity index (χ2n) is 8.43. The highest BCUT2D eigenvalue weighted by atomic mass is 16.6. The monoisotopic (exact) mass is 396 g/mol. The highest BCUT2D eigenvalue weighted by molar-refractivity contribution is 5.51. The molecule has 2 aromatic rings. The smallest absolute Gasteiger partial charge is 0.269 e. The van der Waals surface area contributed by atoms with Gasteiger partial charge < -0.3 is 14.7 Å². The standard InChI is InChI=1S/C23H30N4O2/c28-27(29)23-8-6-21(7-9-23)25-16-18-26(19-17-25)22-11-14-24(15-12-22)13-10-20-4-2-1-3-5-20/h1-9,22H,10-19H2/p+2. The number of benzene rings is 2. The summed E-state index contributed by atoms with van der Waals surface area (Å²) < 4.78 is 0. The minimum Gasteiger partial charge on any atom is -0.360 e. The molecule has 6 nitrogen and oxygen atoms in total. The number of hydrogen-bond acceptors (Lipinski definition) is 3. The first kappa shape index (κ1) is 19.9. The van der Waals surface area contributed by atoms with Gasteiger partial charge in [-0.25, -0.2) is 0 Å². The summed E-state index contributed by atoms with van der Waals surface area (Å²) in [6.07, 6.45) is 3.84. The molecular weight excluding hydrogens is 364 g/mol. The number of likely N-dealkylation sites (tertiary alicyclic amines) is 1. The van der Waals surface area contributed by atoms with Gasteiger partial charge in [-0.05, 0) is 17.7 Å². The molecule has 0 atom stereocenters. The summed E-state index contributed by atoms with van der Waals surface area (Å²) in [6.45, 7) is 8.25. The lowest BCUT2D eigenvalue weighted by Crippen LogP contribution is -3.22. The van der Waals surface area contributed by atoms with Gasteiger partial charge in [-0.15, -0.1) is 0 Å². The number of nitro groups is 1. The van der Waals surface area contributed by atoms with E-state index in [1.807, 2.05) is 12.1 Å². The molecule has 0 spiro atoms. The van der Waals surface area contributed by atoms with Crippen molar-refractivity contribution in [1.29, 1.82) is 0 Å². The number of nitro benzene ring substituents is 1. The molecular formula is C23H32N4O2+2. The lowest BCUT2D eigenvalue weighted by Gasteiger charge is -2.39. The predicted octanol–water partition coefficient (Wildman–Crippen LogP) is 0.590. The van der Waals surface area contributed by atoms with E-state index in [1.54, 1.807) is 21.9 Å². The number of nitrogens with zero attached hydrogens (tertiary/aromatic N) is 2. The Morgan fingerprint density at radius 3 is 2.21 bits per heavy atom. The van der Waals surface area contributed by atoms with Crippen LogP contribution in [0.25, 0.3) is 0 Å². The molecule has 0 aliphatic carbocycles. The maximum atomic E-state index is 10.8. The van der Waals surface area contributed by atoms with Crippen LogP contribution in [0.1, 0.15) is 18.4 Å². The molecule has 0 radical (unpaired) electrons. The fourth-order valence-corrected chi connectivity index (χ4v) is 4.90. The highest BCUT2D eigenvalue weighted by Crippen LogP contribution is 2.19. The fourth-order valence-electron chi connectivity index (χ4n) is 4.90.